The van der Waals surface area contributed by atoms with Crippen LogP contribution >= 0.6 is 7.82 Å². The van der Waals surface area contributed by atoms with Gasteiger partial charge in [-0.25, -0.2) is 4.57 Å². The van der Waals surface area contributed by atoms with Crippen molar-refractivity contribution in [3.8, 4) is 0 Å². The van der Waals surface area contributed by atoms with Gasteiger partial charge in [0.2, 0.25) is 5.91 Å². The van der Waals surface area contributed by atoms with E-state index >= 15 is 0 Å². The number of amides is 1. The van der Waals surface area contributed by atoms with Crippen LogP contribution in [0.1, 0.15) is 245 Å². The van der Waals surface area contributed by atoms with E-state index in [4.69, 9.17) is 13.8 Å². The minimum atomic E-state index is -4.42. The molecule has 10 heteroatoms. The van der Waals surface area contributed by atoms with E-state index in [1.165, 1.54) is 161 Å². The average Bonchev–Trinajstić information content (AvgIpc) is 3.25. The number of esters is 1. The smallest absolute Gasteiger partial charge is 0.463 e. The second-order valence-corrected chi connectivity index (χ2v) is 18.6. The molecule has 358 valence electrons. The molecule has 0 aliphatic heterocycles. The molecule has 0 aromatic rings. The molecule has 0 aromatic heterocycles. The van der Waals surface area contributed by atoms with Crippen molar-refractivity contribution in [2.75, 3.05) is 26.4 Å². The molecule has 1 amide bonds. The maximum absolute atomic E-state index is 12.1. The minimum Gasteiger partial charge on any atom is -0.463 e. The van der Waals surface area contributed by atoms with Gasteiger partial charge in [0.05, 0.1) is 13.2 Å². The first-order valence-electron chi connectivity index (χ1n) is 25.5. The maximum Gasteiger partial charge on any atom is 0.472 e. The van der Waals surface area contributed by atoms with Crippen LogP contribution in [0.2, 0.25) is 0 Å². The number of aliphatic hydroxyl groups excluding tert-OH is 1. The van der Waals surface area contributed by atoms with Crippen molar-refractivity contribution < 1.29 is 37.9 Å². The minimum absolute atomic E-state index is 0.0785. The lowest BCUT2D eigenvalue weighted by Crippen LogP contribution is -2.27. The standard InChI is InChI=1S/C51H96NO8P/c1-3-5-7-9-11-13-15-17-19-21-23-24-26-27-29-31-33-35-37-39-41-43-50(54)52-45-46-59-61(56,57)60-48-49(53)47-58-51(55)44-42-40-38-36-34-32-30-28-25-22-20-18-16-14-12-10-8-6-4-2/h11,13,17,19,23-24,49,53H,3-10,12,14-16,18,20-22,25-48H2,1-2H3,(H,52,54)(H,56,57)/b13-11-,19-17-,24-23-. The normalized spacial score (nSPS) is 13.4. The van der Waals surface area contributed by atoms with E-state index in [2.05, 4.69) is 55.6 Å². The van der Waals surface area contributed by atoms with Crippen LogP contribution in [0.25, 0.3) is 0 Å². The molecule has 0 aliphatic carbocycles. The van der Waals surface area contributed by atoms with E-state index in [1.54, 1.807) is 0 Å². The lowest BCUT2D eigenvalue weighted by atomic mass is 10.0. The third-order valence-corrected chi connectivity index (χ3v) is 12.1. The van der Waals surface area contributed by atoms with Crippen LogP contribution in [-0.2, 0) is 27.9 Å². The summed E-state index contributed by atoms with van der Waals surface area (Å²) in [6.07, 6.45) is 55.1. The molecule has 2 atom stereocenters. The molecule has 2 unspecified atom stereocenters. The molecule has 0 aliphatic rings. The predicted octanol–water partition coefficient (Wildman–Crippen LogP) is 14.9. The molecule has 0 aromatic carbocycles. The van der Waals surface area contributed by atoms with Gasteiger partial charge in [-0.05, 0) is 51.4 Å². The highest BCUT2D eigenvalue weighted by molar-refractivity contribution is 7.47. The monoisotopic (exact) mass is 882 g/mol. The van der Waals surface area contributed by atoms with Crippen molar-refractivity contribution in [3.05, 3.63) is 36.5 Å². The van der Waals surface area contributed by atoms with E-state index in [9.17, 15) is 24.2 Å². The van der Waals surface area contributed by atoms with Gasteiger partial charge < -0.3 is 20.1 Å². The molecule has 0 bridgehead atoms. The molecule has 3 N–H and O–H groups in total. The SMILES string of the molecule is CCCCC/C=C\C/C=C\C/C=C\CCCCCCCCCCC(=O)NCCOP(=O)(O)OCC(O)COC(=O)CCCCCCCCCCCCCCCCCCCCC. The highest BCUT2D eigenvalue weighted by Crippen LogP contribution is 2.42. The first-order chi connectivity index (χ1) is 29.8. The van der Waals surface area contributed by atoms with Crippen molar-refractivity contribution in [2.45, 2.75) is 251 Å². The van der Waals surface area contributed by atoms with Gasteiger partial charge in [-0.15, -0.1) is 0 Å². The van der Waals surface area contributed by atoms with Gasteiger partial charge >= 0.3 is 13.8 Å². The van der Waals surface area contributed by atoms with E-state index in [0.29, 0.717) is 6.42 Å². The van der Waals surface area contributed by atoms with Gasteiger partial charge in [-0.2, -0.15) is 0 Å². The number of phosphoric acid groups is 1. The van der Waals surface area contributed by atoms with Crippen LogP contribution in [0.15, 0.2) is 36.5 Å². The zero-order valence-electron chi connectivity index (χ0n) is 39.6. The van der Waals surface area contributed by atoms with Crippen molar-refractivity contribution in [2.24, 2.45) is 0 Å². The topological polar surface area (TPSA) is 131 Å². The van der Waals surface area contributed by atoms with Crippen LogP contribution in [0.5, 0.6) is 0 Å². The summed E-state index contributed by atoms with van der Waals surface area (Å²) in [7, 11) is -4.42. The number of rotatable bonds is 48. The van der Waals surface area contributed by atoms with E-state index in [0.717, 1.165) is 57.8 Å². The van der Waals surface area contributed by atoms with E-state index < -0.39 is 26.5 Å². The van der Waals surface area contributed by atoms with Crippen LogP contribution in [0.3, 0.4) is 0 Å². The number of aliphatic hydroxyl groups is 1. The summed E-state index contributed by atoms with van der Waals surface area (Å²) in [6.45, 7) is 3.56. The van der Waals surface area contributed by atoms with E-state index in [1.807, 2.05) is 0 Å². The molecule has 9 nitrogen and oxygen atoms in total. The Morgan fingerprint density at radius 1 is 0.508 bits per heavy atom. The molecule has 0 fully saturated rings. The Hall–Kier alpha value is -1.77. The fraction of sp³-hybridized carbons (Fsp3) is 0.843. The largest absolute Gasteiger partial charge is 0.472 e. The fourth-order valence-corrected chi connectivity index (χ4v) is 7.97. The molecule has 0 rings (SSSR count). The zero-order chi connectivity index (χ0) is 44.6. The van der Waals surface area contributed by atoms with E-state index in [-0.39, 0.29) is 32.1 Å². The number of allylic oxidation sites excluding steroid dienone is 6. The van der Waals surface area contributed by atoms with Crippen molar-refractivity contribution in [1.82, 2.24) is 5.32 Å². The summed E-state index contributed by atoms with van der Waals surface area (Å²) < 4.78 is 27.0. The summed E-state index contributed by atoms with van der Waals surface area (Å²) in [6, 6.07) is 0. The molecule has 0 heterocycles. The van der Waals surface area contributed by atoms with Crippen LogP contribution in [-0.4, -0.2) is 54.3 Å². The summed E-state index contributed by atoms with van der Waals surface area (Å²) >= 11 is 0. The van der Waals surface area contributed by atoms with Gasteiger partial charge in [0.15, 0.2) is 0 Å². The van der Waals surface area contributed by atoms with Gasteiger partial charge in [0, 0.05) is 19.4 Å². The lowest BCUT2D eigenvalue weighted by Gasteiger charge is -2.15. The molecule has 0 saturated heterocycles. The molecule has 0 saturated carbocycles. The third-order valence-electron chi connectivity index (χ3n) is 11.1. The van der Waals surface area contributed by atoms with Crippen LogP contribution in [0.4, 0.5) is 0 Å². The number of hydrogen-bond donors (Lipinski definition) is 3. The Morgan fingerprint density at radius 2 is 0.885 bits per heavy atom. The first-order valence-corrected chi connectivity index (χ1v) is 27.0. The maximum atomic E-state index is 12.1. The number of carbonyl (C=O) groups is 2. The highest BCUT2D eigenvalue weighted by atomic mass is 31.2. The van der Waals surface area contributed by atoms with Crippen LogP contribution < -0.4 is 5.32 Å². The number of ether oxygens (including phenoxy) is 1. The molecular weight excluding hydrogens is 786 g/mol. The Morgan fingerprint density at radius 3 is 1.36 bits per heavy atom. The zero-order valence-corrected chi connectivity index (χ0v) is 40.5. The first kappa shape index (κ1) is 59.2. The van der Waals surface area contributed by atoms with Crippen molar-refractivity contribution in [1.29, 1.82) is 0 Å². The van der Waals surface area contributed by atoms with Gasteiger partial charge in [-0.3, -0.25) is 18.6 Å². The number of carbonyl (C=O) groups excluding carboxylic acids is 2. The molecule has 61 heavy (non-hydrogen) atoms. The molecule has 0 radical (unpaired) electrons. The summed E-state index contributed by atoms with van der Waals surface area (Å²) in [5.74, 6) is -0.515. The van der Waals surface area contributed by atoms with Gasteiger partial charge in [-0.1, -0.05) is 217 Å². The van der Waals surface area contributed by atoms with Gasteiger partial charge in [0.1, 0.15) is 12.7 Å². The third kappa shape index (κ3) is 49.1. The fourth-order valence-electron chi connectivity index (χ4n) is 7.21. The molecule has 0 spiro atoms. The highest BCUT2D eigenvalue weighted by Gasteiger charge is 2.23. The predicted molar refractivity (Wildman–Crippen MR) is 257 cm³/mol. The number of hydrogen-bond acceptors (Lipinski definition) is 7. The second-order valence-electron chi connectivity index (χ2n) is 17.1. The second kappa shape index (κ2) is 47.7. The Balaban J connectivity index is 3.56. The van der Waals surface area contributed by atoms with Gasteiger partial charge in [0.25, 0.3) is 0 Å². The number of unbranched alkanes of at least 4 members (excludes halogenated alkanes) is 29. The lowest BCUT2D eigenvalue weighted by molar-refractivity contribution is -0.147. The quantitative estimate of drug-likeness (QED) is 0.0238. The number of nitrogens with one attached hydrogen (secondary N) is 1. The Kier molecular flexibility index (Phi) is 46.3. The molecular formula is C51H96NO8P. The Labute approximate surface area is 375 Å². The summed E-state index contributed by atoms with van der Waals surface area (Å²) in [5, 5.41) is 12.7. The average molecular weight is 882 g/mol. The summed E-state index contributed by atoms with van der Waals surface area (Å²) in [4.78, 5) is 34.1. The number of phosphoric ester groups is 1. The van der Waals surface area contributed by atoms with Crippen molar-refractivity contribution >= 4 is 19.7 Å². The Bertz CT molecular complexity index is 1100. The van der Waals surface area contributed by atoms with Crippen LogP contribution in [0, 0.1) is 0 Å². The summed E-state index contributed by atoms with van der Waals surface area (Å²) in [5.41, 5.74) is 0. The van der Waals surface area contributed by atoms with Crippen molar-refractivity contribution in [3.63, 3.8) is 0 Å².